The Morgan fingerprint density at radius 1 is 1.03 bits per heavy atom. The van der Waals surface area contributed by atoms with E-state index in [0.717, 1.165) is 40.4 Å². The number of hydrogen-bond acceptors (Lipinski definition) is 3. The van der Waals surface area contributed by atoms with Crippen molar-refractivity contribution in [3.05, 3.63) is 81.7 Å². The summed E-state index contributed by atoms with van der Waals surface area (Å²) in [4.78, 5) is 13.2. The summed E-state index contributed by atoms with van der Waals surface area (Å²) >= 11 is 0. The molecule has 3 aromatic rings. The molecule has 1 N–H and O–H groups in total. The third kappa shape index (κ3) is 3.80. The summed E-state index contributed by atoms with van der Waals surface area (Å²) in [7, 11) is 0. The third-order valence-electron chi connectivity index (χ3n) is 5.80. The number of ether oxygens (including phenoxy) is 2. The number of amides is 1. The van der Waals surface area contributed by atoms with Crippen molar-refractivity contribution < 1.29 is 14.3 Å². The molecule has 1 aliphatic rings. The molecule has 0 unspecified atom stereocenters. The number of aryl methyl sites for hydroxylation is 1. The summed E-state index contributed by atoms with van der Waals surface area (Å²) in [5, 5.41) is 3.09. The van der Waals surface area contributed by atoms with E-state index in [2.05, 4.69) is 54.9 Å². The predicted octanol–water partition coefficient (Wildman–Crippen LogP) is 4.68. The van der Waals surface area contributed by atoms with Crippen molar-refractivity contribution in [1.29, 1.82) is 0 Å². The van der Waals surface area contributed by atoms with Crippen LogP contribution < -0.4 is 14.8 Å². The number of hydrogen-bond donors (Lipinski definition) is 1. The highest BCUT2D eigenvalue weighted by molar-refractivity contribution is 5.95. The topological polar surface area (TPSA) is 52.5 Å². The highest BCUT2D eigenvalue weighted by atomic mass is 16.7. The molecule has 0 atom stereocenters. The molecule has 5 heteroatoms. The van der Waals surface area contributed by atoms with Gasteiger partial charge in [0.25, 0.3) is 5.91 Å². The maximum Gasteiger partial charge on any atom is 0.268 e. The van der Waals surface area contributed by atoms with Crippen LogP contribution in [0.3, 0.4) is 0 Å². The van der Waals surface area contributed by atoms with E-state index in [1.54, 1.807) is 0 Å². The van der Waals surface area contributed by atoms with Crippen LogP contribution in [-0.4, -0.2) is 17.3 Å². The maximum absolute atomic E-state index is 13.2. The maximum atomic E-state index is 13.2. The first-order valence-electron chi connectivity index (χ1n) is 10.4. The molecule has 2 aromatic carbocycles. The van der Waals surface area contributed by atoms with Crippen molar-refractivity contribution >= 4 is 5.91 Å². The van der Waals surface area contributed by atoms with Crippen molar-refractivity contribution in [1.82, 2.24) is 9.88 Å². The Kier molecular flexibility index (Phi) is 5.53. The van der Waals surface area contributed by atoms with Crippen LogP contribution in [-0.2, 0) is 19.5 Å². The van der Waals surface area contributed by atoms with Crippen LogP contribution in [0.15, 0.2) is 42.5 Å². The predicted molar refractivity (Wildman–Crippen MR) is 117 cm³/mol. The molecule has 4 rings (SSSR count). The van der Waals surface area contributed by atoms with Crippen molar-refractivity contribution in [3.8, 4) is 11.5 Å². The molecule has 1 amide bonds. The van der Waals surface area contributed by atoms with Gasteiger partial charge in [0, 0.05) is 18.8 Å². The number of nitrogens with zero attached hydrogens (tertiary/aromatic N) is 1. The second kappa shape index (κ2) is 8.27. The first kappa shape index (κ1) is 20.1. The fourth-order valence-electron chi connectivity index (χ4n) is 4.27. The van der Waals surface area contributed by atoms with E-state index in [0.29, 0.717) is 13.1 Å². The first-order valence-corrected chi connectivity index (χ1v) is 10.4. The largest absolute Gasteiger partial charge is 0.454 e. The molecular formula is C25H28N2O3. The van der Waals surface area contributed by atoms with Crippen LogP contribution in [0.25, 0.3) is 0 Å². The Bertz CT molecular complexity index is 1100. The van der Waals surface area contributed by atoms with Gasteiger partial charge in [-0.1, -0.05) is 42.8 Å². The van der Waals surface area contributed by atoms with E-state index in [-0.39, 0.29) is 12.7 Å². The number of fused-ring (bicyclic) bond motifs is 1. The van der Waals surface area contributed by atoms with Gasteiger partial charge in [-0.25, -0.2) is 0 Å². The number of rotatable bonds is 6. The minimum Gasteiger partial charge on any atom is -0.454 e. The molecule has 0 spiro atoms. The number of nitrogens with one attached hydrogen (secondary N) is 1. The van der Waals surface area contributed by atoms with E-state index >= 15 is 0 Å². The zero-order chi connectivity index (χ0) is 21.3. The molecule has 156 valence electrons. The van der Waals surface area contributed by atoms with Gasteiger partial charge in [0.15, 0.2) is 11.5 Å². The SMILES string of the molecule is CCc1c(C)c(C(=O)NCc2ccc3c(c2)OCO3)n(Cc2cccc(C)c2)c1C. The standard InChI is InChI=1S/C25H28N2O3/c1-5-21-17(3)24(27(18(21)4)14-20-8-6-7-16(2)11-20)25(28)26-13-19-9-10-22-23(12-19)30-15-29-22/h6-12H,5,13-15H2,1-4H3,(H,26,28). The van der Waals surface area contributed by atoms with E-state index in [1.807, 2.05) is 25.1 Å². The number of aromatic nitrogens is 1. The lowest BCUT2D eigenvalue weighted by Crippen LogP contribution is -2.26. The van der Waals surface area contributed by atoms with Gasteiger partial charge < -0.3 is 19.4 Å². The Labute approximate surface area is 177 Å². The summed E-state index contributed by atoms with van der Waals surface area (Å²) < 4.78 is 13.0. The van der Waals surface area contributed by atoms with Gasteiger partial charge in [-0.2, -0.15) is 0 Å². The molecule has 1 aromatic heterocycles. The normalized spacial score (nSPS) is 12.3. The lowest BCUT2D eigenvalue weighted by molar-refractivity contribution is 0.0941. The highest BCUT2D eigenvalue weighted by Gasteiger charge is 2.22. The Hall–Kier alpha value is -3.21. The first-order chi connectivity index (χ1) is 14.5. The minimum atomic E-state index is -0.0550. The van der Waals surface area contributed by atoms with Crippen LogP contribution in [0.4, 0.5) is 0 Å². The quantitative estimate of drug-likeness (QED) is 0.649. The highest BCUT2D eigenvalue weighted by Crippen LogP contribution is 2.32. The Balaban J connectivity index is 1.59. The Morgan fingerprint density at radius 2 is 1.83 bits per heavy atom. The van der Waals surface area contributed by atoms with Crippen LogP contribution in [0.1, 0.15) is 50.9 Å². The van der Waals surface area contributed by atoms with E-state index < -0.39 is 0 Å². The lowest BCUT2D eigenvalue weighted by atomic mass is 10.1. The molecule has 0 fully saturated rings. The molecule has 0 aliphatic carbocycles. The van der Waals surface area contributed by atoms with Gasteiger partial charge in [0.05, 0.1) is 0 Å². The molecule has 30 heavy (non-hydrogen) atoms. The molecule has 0 saturated carbocycles. The van der Waals surface area contributed by atoms with Gasteiger partial charge >= 0.3 is 0 Å². The monoisotopic (exact) mass is 404 g/mol. The average molecular weight is 405 g/mol. The van der Waals surface area contributed by atoms with Crippen molar-refractivity contribution in [2.24, 2.45) is 0 Å². The van der Waals surface area contributed by atoms with Crippen molar-refractivity contribution in [2.75, 3.05) is 6.79 Å². The van der Waals surface area contributed by atoms with Crippen LogP contribution >= 0.6 is 0 Å². The van der Waals surface area contributed by atoms with Crippen LogP contribution in [0.5, 0.6) is 11.5 Å². The zero-order valence-corrected chi connectivity index (χ0v) is 18.0. The van der Waals surface area contributed by atoms with Gasteiger partial charge in [-0.3, -0.25) is 4.79 Å². The van der Waals surface area contributed by atoms with Crippen molar-refractivity contribution in [2.45, 2.75) is 47.2 Å². The second-order valence-corrected chi connectivity index (χ2v) is 7.84. The van der Waals surface area contributed by atoms with Crippen molar-refractivity contribution in [3.63, 3.8) is 0 Å². The fraction of sp³-hybridized carbons (Fsp3) is 0.320. The van der Waals surface area contributed by atoms with E-state index in [4.69, 9.17) is 9.47 Å². The molecule has 2 heterocycles. The molecular weight excluding hydrogens is 376 g/mol. The zero-order valence-electron chi connectivity index (χ0n) is 18.0. The van der Waals surface area contributed by atoms with Gasteiger partial charge in [-0.15, -0.1) is 0 Å². The van der Waals surface area contributed by atoms with Crippen LogP contribution in [0, 0.1) is 20.8 Å². The van der Waals surface area contributed by atoms with Gasteiger partial charge in [0.2, 0.25) is 6.79 Å². The van der Waals surface area contributed by atoms with E-state index in [1.165, 1.54) is 16.7 Å². The molecule has 1 aliphatic heterocycles. The summed E-state index contributed by atoms with van der Waals surface area (Å²) in [6.45, 7) is 9.75. The van der Waals surface area contributed by atoms with Gasteiger partial charge in [-0.05, 0) is 61.6 Å². The van der Waals surface area contributed by atoms with Gasteiger partial charge in [0.1, 0.15) is 5.69 Å². The second-order valence-electron chi connectivity index (χ2n) is 7.84. The summed E-state index contributed by atoms with van der Waals surface area (Å²) in [6.07, 6.45) is 0.904. The molecule has 0 saturated heterocycles. The molecule has 0 bridgehead atoms. The fourth-order valence-corrected chi connectivity index (χ4v) is 4.27. The third-order valence-corrected chi connectivity index (χ3v) is 5.80. The average Bonchev–Trinajstić information content (AvgIpc) is 3.28. The number of benzene rings is 2. The molecule has 0 radical (unpaired) electrons. The number of carbonyl (C=O) groups is 1. The smallest absolute Gasteiger partial charge is 0.268 e. The minimum absolute atomic E-state index is 0.0550. The Morgan fingerprint density at radius 3 is 2.60 bits per heavy atom. The lowest BCUT2D eigenvalue weighted by Gasteiger charge is -2.14. The summed E-state index contributed by atoms with van der Waals surface area (Å²) in [5.74, 6) is 1.42. The number of carbonyl (C=O) groups excluding carboxylic acids is 1. The molecule has 5 nitrogen and oxygen atoms in total. The summed E-state index contributed by atoms with van der Waals surface area (Å²) in [6, 6.07) is 14.2. The van der Waals surface area contributed by atoms with Crippen LogP contribution in [0.2, 0.25) is 0 Å². The summed E-state index contributed by atoms with van der Waals surface area (Å²) in [5.41, 5.74) is 7.60. The van der Waals surface area contributed by atoms with E-state index in [9.17, 15) is 4.79 Å².